The van der Waals surface area contributed by atoms with Gasteiger partial charge in [-0.2, -0.15) is 13.2 Å². The van der Waals surface area contributed by atoms with Gasteiger partial charge in [-0.3, -0.25) is 14.2 Å². The van der Waals surface area contributed by atoms with Crippen LogP contribution < -0.4 is 16.0 Å². The number of carbonyl (C=O) groups excluding carboxylic acids is 1. The summed E-state index contributed by atoms with van der Waals surface area (Å²) in [7, 11) is 0.809. The summed E-state index contributed by atoms with van der Waals surface area (Å²) in [4.78, 5) is 38.5. The molecule has 0 radical (unpaired) electrons. The fourth-order valence-corrected chi connectivity index (χ4v) is 3.50. The number of hydrogen-bond donors (Lipinski definition) is 0. The molecule has 0 atom stereocenters. The monoisotopic (exact) mass is 463 g/mol. The number of piperidine rings is 1. The minimum absolute atomic E-state index is 0.190. The number of alkyl halides is 3. The average molecular weight is 464 g/mol. The molecule has 0 spiro atoms. The summed E-state index contributed by atoms with van der Waals surface area (Å²) in [6.45, 7) is 0.758. The van der Waals surface area contributed by atoms with Gasteiger partial charge in [0.05, 0.1) is 10.7 Å². The minimum atomic E-state index is -4.95. The molecule has 0 aliphatic carbocycles. The highest BCUT2D eigenvalue weighted by atomic mass is 35.5. The second-order valence-corrected chi connectivity index (χ2v) is 7.41. The van der Waals surface area contributed by atoms with E-state index < -0.39 is 41.2 Å². The molecule has 1 aromatic heterocycles. The lowest BCUT2D eigenvalue weighted by atomic mass is 10.1. The molecule has 2 heterocycles. The van der Waals surface area contributed by atoms with Crippen LogP contribution in [0.4, 0.5) is 17.6 Å². The van der Waals surface area contributed by atoms with Crippen LogP contribution in [0.2, 0.25) is 5.02 Å². The Morgan fingerprint density at radius 1 is 1.13 bits per heavy atom. The summed E-state index contributed by atoms with van der Waals surface area (Å²) in [6, 6.07) is 1.84. The number of nitrogens with zero attached hydrogens (tertiary/aromatic N) is 3. The Bertz CT molecular complexity index is 1120. The fourth-order valence-electron chi connectivity index (χ4n) is 3.29. The zero-order chi connectivity index (χ0) is 22.9. The summed E-state index contributed by atoms with van der Waals surface area (Å²) in [5.41, 5.74) is -4.91. The topological polar surface area (TPSA) is 73.5 Å². The number of halogens is 5. The number of benzene rings is 1. The maximum Gasteiger partial charge on any atom is 0.431 e. The van der Waals surface area contributed by atoms with E-state index in [1.807, 2.05) is 0 Å². The minimum Gasteiger partial charge on any atom is -0.482 e. The molecule has 1 amide bonds. The van der Waals surface area contributed by atoms with Crippen molar-refractivity contribution < 1.29 is 27.1 Å². The third-order valence-corrected chi connectivity index (χ3v) is 5.21. The molecule has 3 rings (SSSR count). The summed E-state index contributed by atoms with van der Waals surface area (Å²) < 4.78 is 59.3. The molecule has 2 aromatic rings. The van der Waals surface area contributed by atoms with E-state index in [2.05, 4.69) is 0 Å². The van der Waals surface area contributed by atoms with Gasteiger partial charge >= 0.3 is 11.9 Å². The number of carbonyl (C=O) groups is 1. The molecule has 0 N–H and O–H groups in total. The van der Waals surface area contributed by atoms with Crippen molar-refractivity contribution in [3.63, 3.8) is 0 Å². The molecule has 1 aromatic carbocycles. The number of rotatable bonds is 4. The summed E-state index contributed by atoms with van der Waals surface area (Å²) in [5, 5.41) is -0.232. The van der Waals surface area contributed by atoms with Gasteiger partial charge in [0.2, 0.25) is 0 Å². The van der Waals surface area contributed by atoms with Crippen molar-refractivity contribution in [1.29, 1.82) is 0 Å². The van der Waals surface area contributed by atoms with Crippen molar-refractivity contribution in [3.05, 3.63) is 55.6 Å². The van der Waals surface area contributed by atoms with Crippen LogP contribution in [-0.4, -0.2) is 39.6 Å². The lowest BCUT2D eigenvalue weighted by Gasteiger charge is -2.26. The van der Waals surface area contributed by atoms with Crippen LogP contribution in [0.5, 0.6) is 5.75 Å². The van der Waals surface area contributed by atoms with Gasteiger partial charge in [-0.05, 0) is 25.3 Å². The van der Waals surface area contributed by atoms with Crippen molar-refractivity contribution in [2.75, 3.05) is 19.7 Å². The Morgan fingerprint density at radius 2 is 1.77 bits per heavy atom. The maximum absolute atomic E-state index is 14.5. The maximum atomic E-state index is 14.5. The molecule has 1 saturated heterocycles. The first-order chi connectivity index (χ1) is 14.5. The predicted octanol–water partition coefficient (Wildman–Crippen LogP) is 2.74. The molecule has 1 fully saturated rings. The Hall–Kier alpha value is -2.82. The summed E-state index contributed by atoms with van der Waals surface area (Å²) in [5.74, 6) is -1.64. The number of amides is 1. The van der Waals surface area contributed by atoms with Crippen molar-refractivity contribution in [1.82, 2.24) is 14.0 Å². The third kappa shape index (κ3) is 4.76. The molecule has 0 unspecified atom stereocenters. The quantitative estimate of drug-likeness (QED) is 0.654. The molecule has 31 heavy (non-hydrogen) atoms. The smallest absolute Gasteiger partial charge is 0.431 e. The van der Waals surface area contributed by atoms with Crippen molar-refractivity contribution >= 4 is 17.5 Å². The van der Waals surface area contributed by atoms with Gasteiger partial charge in [0, 0.05) is 32.3 Å². The van der Waals surface area contributed by atoms with Crippen LogP contribution in [0.3, 0.4) is 0 Å². The van der Waals surface area contributed by atoms with E-state index in [0.717, 1.165) is 38.4 Å². The van der Waals surface area contributed by atoms with Gasteiger partial charge in [-0.15, -0.1) is 0 Å². The molecule has 168 valence electrons. The van der Waals surface area contributed by atoms with Crippen LogP contribution in [0.1, 0.15) is 25.0 Å². The highest BCUT2D eigenvalue weighted by Crippen LogP contribution is 2.30. The SMILES string of the molecule is Cn1c(C(F)(F)F)cc(=O)n(-c2cc(OCC(=O)N3CCCCC3)c(Cl)cc2F)c1=O. The van der Waals surface area contributed by atoms with Gasteiger partial charge in [-0.25, -0.2) is 13.8 Å². The first-order valence-corrected chi connectivity index (χ1v) is 9.68. The zero-order valence-electron chi connectivity index (χ0n) is 16.3. The van der Waals surface area contributed by atoms with Crippen LogP contribution in [0.15, 0.2) is 27.8 Å². The molecule has 12 heteroatoms. The van der Waals surface area contributed by atoms with Gasteiger partial charge < -0.3 is 9.64 Å². The molecule has 0 bridgehead atoms. The average Bonchev–Trinajstić information content (AvgIpc) is 2.71. The second-order valence-electron chi connectivity index (χ2n) is 7.01. The van der Waals surface area contributed by atoms with Crippen molar-refractivity contribution in [2.24, 2.45) is 7.05 Å². The number of aromatic nitrogens is 2. The van der Waals surface area contributed by atoms with Crippen LogP contribution in [0, 0.1) is 5.82 Å². The van der Waals surface area contributed by atoms with E-state index in [-0.39, 0.29) is 31.9 Å². The molecule has 1 aliphatic rings. The van der Waals surface area contributed by atoms with Crippen LogP contribution in [0.25, 0.3) is 5.69 Å². The van der Waals surface area contributed by atoms with Gasteiger partial charge in [0.25, 0.3) is 11.5 Å². The summed E-state index contributed by atoms with van der Waals surface area (Å²) in [6.07, 6.45) is -2.19. The fraction of sp³-hybridized carbons (Fsp3) is 0.421. The standard InChI is InChI=1S/C19H18ClF4N3O4/c1-25-15(19(22,23)24)9-16(28)27(18(25)30)13-8-14(11(20)7-12(13)21)31-10-17(29)26-5-3-2-4-6-26/h7-9H,2-6,10H2,1H3. The molecule has 7 nitrogen and oxygen atoms in total. The third-order valence-electron chi connectivity index (χ3n) is 4.91. The van der Waals surface area contributed by atoms with E-state index in [9.17, 15) is 31.9 Å². The normalized spacial score (nSPS) is 14.6. The van der Waals surface area contributed by atoms with Gasteiger partial charge in [0.15, 0.2) is 6.61 Å². The second kappa shape index (κ2) is 8.74. The summed E-state index contributed by atoms with van der Waals surface area (Å²) >= 11 is 5.94. The van der Waals surface area contributed by atoms with E-state index in [1.54, 1.807) is 4.90 Å². The molecular weight excluding hydrogens is 446 g/mol. The van der Waals surface area contributed by atoms with Gasteiger partial charge in [0.1, 0.15) is 17.3 Å². The predicted molar refractivity (Wildman–Crippen MR) is 103 cm³/mol. The van der Waals surface area contributed by atoms with E-state index in [0.29, 0.717) is 13.1 Å². The Balaban J connectivity index is 1.96. The highest BCUT2D eigenvalue weighted by molar-refractivity contribution is 6.32. The van der Waals surface area contributed by atoms with E-state index >= 15 is 0 Å². The van der Waals surface area contributed by atoms with Crippen molar-refractivity contribution in [3.8, 4) is 11.4 Å². The highest BCUT2D eigenvalue weighted by Gasteiger charge is 2.35. The zero-order valence-corrected chi connectivity index (χ0v) is 17.1. The van der Waals surface area contributed by atoms with Crippen LogP contribution >= 0.6 is 11.6 Å². The number of hydrogen-bond acceptors (Lipinski definition) is 4. The van der Waals surface area contributed by atoms with E-state index in [1.165, 1.54) is 0 Å². The molecular formula is C19H18ClF4N3O4. The molecule has 1 aliphatic heterocycles. The lowest BCUT2D eigenvalue weighted by molar-refractivity contribution is -0.144. The Morgan fingerprint density at radius 3 is 2.39 bits per heavy atom. The lowest BCUT2D eigenvalue weighted by Crippen LogP contribution is -2.41. The van der Waals surface area contributed by atoms with Gasteiger partial charge in [-0.1, -0.05) is 11.6 Å². The van der Waals surface area contributed by atoms with Crippen molar-refractivity contribution in [2.45, 2.75) is 25.4 Å². The van der Waals surface area contributed by atoms with E-state index in [4.69, 9.17) is 16.3 Å². The Labute approximate surface area is 178 Å². The first-order valence-electron chi connectivity index (χ1n) is 9.31. The number of likely N-dealkylation sites (tertiary alicyclic amines) is 1. The number of ether oxygens (including phenoxy) is 1. The first kappa shape index (κ1) is 22.9. The van der Waals surface area contributed by atoms with Crippen LogP contribution in [-0.2, 0) is 18.0 Å². The Kier molecular flexibility index (Phi) is 6.44. The molecule has 0 saturated carbocycles. The largest absolute Gasteiger partial charge is 0.482 e.